The van der Waals surface area contributed by atoms with E-state index in [1.807, 2.05) is 18.2 Å². The van der Waals surface area contributed by atoms with Gasteiger partial charge in [0, 0.05) is 33.0 Å². The average Bonchev–Trinajstić information content (AvgIpc) is 2.46. The summed E-state index contributed by atoms with van der Waals surface area (Å²) in [6.45, 7) is 0.544. The van der Waals surface area contributed by atoms with E-state index in [2.05, 4.69) is 10.3 Å². The molecule has 1 N–H and O–H groups in total. The maximum absolute atomic E-state index is 12.2. The molecule has 106 valence electrons. The topological polar surface area (TPSA) is 62.3 Å². The van der Waals surface area contributed by atoms with E-state index in [9.17, 15) is 8.42 Å². The van der Waals surface area contributed by atoms with Crippen molar-refractivity contribution in [2.24, 2.45) is 0 Å². The first kappa shape index (κ1) is 14.5. The lowest BCUT2D eigenvalue weighted by Gasteiger charge is -2.16. The molecule has 0 atom stereocenters. The summed E-state index contributed by atoms with van der Waals surface area (Å²) < 4.78 is 25.7. The van der Waals surface area contributed by atoms with Crippen LogP contribution in [-0.4, -0.2) is 31.8 Å². The van der Waals surface area contributed by atoms with E-state index in [-0.39, 0.29) is 4.90 Å². The maximum atomic E-state index is 12.2. The number of sulfonamides is 1. The molecule has 0 amide bonds. The fourth-order valence-corrected chi connectivity index (χ4v) is 2.79. The summed E-state index contributed by atoms with van der Waals surface area (Å²) in [5, 5.41) is 3.16. The van der Waals surface area contributed by atoms with Crippen molar-refractivity contribution < 1.29 is 8.42 Å². The number of benzene rings is 1. The van der Waals surface area contributed by atoms with Crippen molar-refractivity contribution in [3.05, 3.63) is 54.4 Å². The van der Waals surface area contributed by atoms with Gasteiger partial charge >= 0.3 is 0 Å². The number of nitrogens with zero attached hydrogens (tertiary/aromatic N) is 2. The van der Waals surface area contributed by atoms with Crippen LogP contribution in [0.3, 0.4) is 0 Å². The minimum Gasteiger partial charge on any atom is -0.380 e. The van der Waals surface area contributed by atoms with Crippen molar-refractivity contribution in [2.75, 3.05) is 19.4 Å². The third kappa shape index (κ3) is 3.15. The van der Waals surface area contributed by atoms with Crippen LogP contribution in [0.25, 0.3) is 0 Å². The monoisotopic (exact) mass is 291 g/mol. The van der Waals surface area contributed by atoms with Crippen molar-refractivity contribution in [2.45, 2.75) is 11.4 Å². The van der Waals surface area contributed by atoms with E-state index in [0.717, 1.165) is 5.56 Å². The molecule has 6 heteroatoms. The number of rotatable bonds is 5. The SMILES string of the molecule is CN(C)S(=O)(=O)c1ccccc1NCc1ccncc1. The highest BCUT2D eigenvalue weighted by molar-refractivity contribution is 7.89. The van der Waals surface area contributed by atoms with Crippen molar-refractivity contribution in [1.29, 1.82) is 0 Å². The van der Waals surface area contributed by atoms with E-state index in [0.29, 0.717) is 12.2 Å². The zero-order valence-corrected chi connectivity index (χ0v) is 12.3. The van der Waals surface area contributed by atoms with E-state index in [1.54, 1.807) is 30.6 Å². The van der Waals surface area contributed by atoms with Gasteiger partial charge in [0.1, 0.15) is 4.90 Å². The van der Waals surface area contributed by atoms with Crippen molar-refractivity contribution >= 4 is 15.7 Å². The van der Waals surface area contributed by atoms with Gasteiger partial charge in [-0.3, -0.25) is 4.98 Å². The van der Waals surface area contributed by atoms with Crippen LogP contribution in [0.5, 0.6) is 0 Å². The number of para-hydroxylation sites is 1. The molecular formula is C14H17N3O2S. The molecule has 0 fully saturated rings. The van der Waals surface area contributed by atoms with E-state index < -0.39 is 10.0 Å². The van der Waals surface area contributed by atoms with E-state index in [1.165, 1.54) is 18.4 Å². The standard InChI is InChI=1S/C14H17N3O2S/c1-17(2)20(18,19)14-6-4-3-5-13(14)16-11-12-7-9-15-10-8-12/h3-10,16H,11H2,1-2H3. The summed E-state index contributed by atoms with van der Waals surface area (Å²) >= 11 is 0. The molecule has 1 heterocycles. The van der Waals surface area contributed by atoms with Crippen LogP contribution in [0, 0.1) is 0 Å². The van der Waals surface area contributed by atoms with E-state index in [4.69, 9.17) is 0 Å². The number of pyridine rings is 1. The minimum atomic E-state index is -3.45. The molecule has 2 rings (SSSR count). The van der Waals surface area contributed by atoms with Gasteiger partial charge in [-0.15, -0.1) is 0 Å². The van der Waals surface area contributed by atoms with Gasteiger partial charge in [0.05, 0.1) is 5.69 Å². The Morgan fingerprint density at radius 1 is 1.10 bits per heavy atom. The molecule has 0 unspecified atom stereocenters. The second kappa shape index (κ2) is 6.02. The molecular weight excluding hydrogens is 274 g/mol. The molecule has 0 saturated heterocycles. The van der Waals surface area contributed by atoms with Gasteiger partial charge in [-0.2, -0.15) is 0 Å². The second-order valence-corrected chi connectivity index (χ2v) is 6.61. The number of nitrogens with one attached hydrogen (secondary N) is 1. The van der Waals surface area contributed by atoms with Crippen LogP contribution in [0.2, 0.25) is 0 Å². The van der Waals surface area contributed by atoms with Gasteiger partial charge < -0.3 is 5.32 Å². The predicted octanol–water partition coefficient (Wildman–Crippen LogP) is 1.94. The second-order valence-electron chi connectivity index (χ2n) is 4.49. The summed E-state index contributed by atoms with van der Waals surface area (Å²) in [7, 11) is -0.408. The van der Waals surface area contributed by atoms with Gasteiger partial charge in [-0.05, 0) is 29.8 Å². The highest BCUT2D eigenvalue weighted by Crippen LogP contribution is 2.23. The Hall–Kier alpha value is -1.92. The molecule has 0 saturated carbocycles. The van der Waals surface area contributed by atoms with Crippen LogP contribution in [0.4, 0.5) is 5.69 Å². The Morgan fingerprint density at radius 3 is 2.40 bits per heavy atom. The lowest BCUT2D eigenvalue weighted by molar-refractivity contribution is 0.521. The molecule has 0 aliphatic heterocycles. The molecule has 20 heavy (non-hydrogen) atoms. The first-order valence-electron chi connectivity index (χ1n) is 6.16. The maximum Gasteiger partial charge on any atom is 0.244 e. The minimum absolute atomic E-state index is 0.277. The highest BCUT2D eigenvalue weighted by Gasteiger charge is 2.20. The molecule has 0 radical (unpaired) electrons. The number of anilines is 1. The molecule has 2 aromatic rings. The highest BCUT2D eigenvalue weighted by atomic mass is 32.2. The van der Waals surface area contributed by atoms with Crippen LogP contribution < -0.4 is 5.32 Å². The summed E-state index contributed by atoms with van der Waals surface area (Å²) in [6.07, 6.45) is 3.42. The summed E-state index contributed by atoms with van der Waals surface area (Å²) in [4.78, 5) is 4.23. The molecule has 5 nitrogen and oxygen atoms in total. The summed E-state index contributed by atoms with van der Waals surface area (Å²) in [6, 6.07) is 10.7. The Bertz CT molecular complexity index is 670. The Labute approximate surface area is 119 Å². The van der Waals surface area contributed by atoms with Gasteiger partial charge in [0.25, 0.3) is 0 Å². The largest absolute Gasteiger partial charge is 0.380 e. The first-order chi connectivity index (χ1) is 9.51. The lowest BCUT2D eigenvalue weighted by Crippen LogP contribution is -2.23. The van der Waals surface area contributed by atoms with Crippen molar-refractivity contribution in [3.63, 3.8) is 0 Å². The Morgan fingerprint density at radius 2 is 1.75 bits per heavy atom. The number of hydrogen-bond donors (Lipinski definition) is 1. The van der Waals surface area contributed by atoms with Crippen molar-refractivity contribution in [1.82, 2.24) is 9.29 Å². The van der Waals surface area contributed by atoms with Gasteiger partial charge in [0.2, 0.25) is 10.0 Å². The summed E-state index contributed by atoms with van der Waals surface area (Å²) in [5.74, 6) is 0. The van der Waals surface area contributed by atoms with Crippen LogP contribution in [0.15, 0.2) is 53.7 Å². The Balaban J connectivity index is 2.25. The predicted molar refractivity (Wildman–Crippen MR) is 78.9 cm³/mol. The number of aromatic nitrogens is 1. The van der Waals surface area contributed by atoms with E-state index >= 15 is 0 Å². The van der Waals surface area contributed by atoms with Gasteiger partial charge in [-0.1, -0.05) is 12.1 Å². The van der Waals surface area contributed by atoms with Gasteiger partial charge in [-0.25, -0.2) is 12.7 Å². The average molecular weight is 291 g/mol. The lowest BCUT2D eigenvalue weighted by atomic mass is 10.2. The fourth-order valence-electron chi connectivity index (χ4n) is 1.73. The zero-order valence-electron chi connectivity index (χ0n) is 11.4. The summed E-state index contributed by atoms with van der Waals surface area (Å²) in [5.41, 5.74) is 1.63. The normalized spacial score (nSPS) is 11.6. The zero-order chi connectivity index (χ0) is 14.6. The van der Waals surface area contributed by atoms with Crippen LogP contribution in [-0.2, 0) is 16.6 Å². The fraction of sp³-hybridized carbons (Fsp3) is 0.214. The molecule has 0 aliphatic carbocycles. The van der Waals surface area contributed by atoms with Gasteiger partial charge in [0.15, 0.2) is 0 Å². The third-order valence-corrected chi connectivity index (χ3v) is 4.75. The molecule has 0 bridgehead atoms. The molecule has 0 spiro atoms. The number of hydrogen-bond acceptors (Lipinski definition) is 4. The smallest absolute Gasteiger partial charge is 0.244 e. The molecule has 1 aromatic carbocycles. The van der Waals surface area contributed by atoms with Crippen molar-refractivity contribution in [3.8, 4) is 0 Å². The Kier molecular flexibility index (Phi) is 4.36. The van der Waals surface area contributed by atoms with Crippen LogP contribution >= 0.6 is 0 Å². The quantitative estimate of drug-likeness (QED) is 0.914. The van der Waals surface area contributed by atoms with Crippen LogP contribution in [0.1, 0.15) is 5.56 Å². The third-order valence-electron chi connectivity index (χ3n) is 2.88. The first-order valence-corrected chi connectivity index (χ1v) is 7.60. The molecule has 1 aromatic heterocycles. The molecule has 0 aliphatic rings.